The Bertz CT molecular complexity index is 840. The highest BCUT2D eigenvalue weighted by Crippen LogP contribution is 2.18. The summed E-state index contributed by atoms with van der Waals surface area (Å²) < 4.78 is 1.76. The van der Waals surface area contributed by atoms with E-state index >= 15 is 0 Å². The van der Waals surface area contributed by atoms with Crippen LogP contribution in [-0.4, -0.2) is 20.6 Å². The lowest BCUT2D eigenvalue weighted by Gasteiger charge is -2.10. The number of nitrogens with zero attached hydrogens (tertiary/aromatic N) is 4. The lowest BCUT2D eigenvalue weighted by Crippen LogP contribution is -2.22. The highest BCUT2D eigenvalue weighted by molar-refractivity contribution is 14.0. The Kier molecular flexibility index (Phi) is 6.13. The number of nitrogens with two attached hydrogens (primary N) is 1. The zero-order valence-electron chi connectivity index (χ0n) is 13.7. The zero-order chi connectivity index (χ0) is 16.2. The van der Waals surface area contributed by atoms with Crippen LogP contribution in [0.1, 0.15) is 31.0 Å². The second kappa shape index (κ2) is 8.09. The van der Waals surface area contributed by atoms with Crippen LogP contribution >= 0.6 is 24.0 Å². The van der Waals surface area contributed by atoms with Gasteiger partial charge < -0.3 is 11.1 Å². The molecule has 0 spiro atoms. The van der Waals surface area contributed by atoms with E-state index < -0.39 is 0 Å². The van der Waals surface area contributed by atoms with E-state index in [1.807, 2.05) is 24.3 Å². The number of benzene rings is 1. The second-order valence-electron chi connectivity index (χ2n) is 5.64. The number of guanidine groups is 1. The Morgan fingerprint density at radius 1 is 1.25 bits per heavy atom. The van der Waals surface area contributed by atoms with Gasteiger partial charge in [-0.25, -0.2) is 14.5 Å². The van der Waals surface area contributed by atoms with Crippen molar-refractivity contribution in [3.8, 4) is 0 Å². The summed E-state index contributed by atoms with van der Waals surface area (Å²) in [5.41, 5.74) is 9.92. The van der Waals surface area contributed by atoms with Crippen LogP contribution in [0.25, 0.3) is 5.65 Å². The summed E-state index contributed by atoms with van der Waals surface area (Å²) in [4.78, 5) is 8.62. The molecule has 6 nitrogen and oxygen atoms in total. The average Bonchev–Trinajstić information content (AvgIpc) is 3.02. The van der Waals surface area contributed by atoms with E-state index in [9.17, 15) is 0 Å². The molecule has 0 fully saturated rings. The van der Waals surface area contributed by atoms with Crippen LogP contribution in [0, 0.1) is 0 Å². The number of rotatable bonds is 4. The van der Waals surface area contributed by atoms with Crippen molar-refractivity contribution < 1.29 is 0 Å². The third-order valence-electron chi connectivity index (χ3n) is 3.61. The van der Waals surface area contributed by atoms with Crippen molar-refractivity contribution in [1.82, 2.24) is 14.6 Å². The van der Waals surface area contributed by atoms with Crippen LogP contribution in [-0.2, 0) is 6.54 Å². The van der Waals surface area contributed by atoms with Gasteiger partial charge in [0.25, 0.3) is 0 Å². The normalized spacial score (nSPS) is 11.5. The number of halogens is 1. The van der Waals surface area contributed by atoms with Crippen molar-refractivity contribution in [1.29, 1.82) is 0 Å². The van der Waals surface area contributed by atoms with Gasteiger partial charge >= 0.3 is 0 Å². The third-order valence-corrected chi connectivity index (χ3v) is 3.61. The predicted octanol–water partition coefficient (Wildman–Crippen LogP) is 3.40. The molecule has 3 rings (SSSR count). The van der Waals surface area contributed by atoms with Gasteiger partial charge in [-0.1, -0.05) is 26.0 Å². The number of nitrogens with one attached hydrogen (secondary N) is 1. The molecule has 0 saturated carbocycles. The Hall–Kier alpha value is -2.16. The summed E-state index contributed by atoms with van der Waals surface area (Å²) in [6, 6.07) is 11.9. The largest absolute Gasteiger partial charge is 0.370 e. The summed E-state index contributed by atoms with van der Waals surface area (Å²) in [6.07, 6.45) is 3.46. The molecule has 0 unspecified atom stereocenters. The first-order chi connectivity index (χ1) is 11.1. The first-order valence-corrected chi connectivity index (χ1v) is 7.58. The van der Waals surface area contributed by atoms with E-state index in [0.29, 0.717) is 18.4 Å². The van der Waals surface area contributed by atoms with Crippen molar-refractivity contribution in [2.45, 2.75) is 26.3 Å². The van der Waals surface area contributed by atoms with Gasteiger partial charge in [-0.2, -0.15) is 5.10 Å². The molecule has 0 aliphatic carbocycles. The first-order valence-electron chi connectivity index (χ1n) is 7.58. The van der Waals surface area contributed by atoms with Crippen molar-refractivity contribution in [3.63, 3.8) is 0 Å². The Morgan fingerprint density at radius 2 is 2.08 bits per heavy atom. The van der Waals surface area contributed by atoms with Gasteiger partial charge in [0.05, 0.1) is 18.4 Å². The fourth-order valence-corrected chi connectivity index (χ4v) is 2.33. The first kappa shape index (κ1) is 18.2. The molecule has 7 heteroatoms. The predicted molar refractivity (Wildman–Crippen MR) is 108 cm³/mol. The molecule has 0 amide bonds. The lowest BCUT2D eigenvalue weighted by molar-refractivity contribution is 0.835. The van der Waals surface area contributed by atoms with E-state index in [0.717, 1.165) is 17.0 Å². The van der Waals surface area contributed by atoms with Gasteiger partial charge in [0.1, 0.15) is 0 Å². The SMILES string of the molecule is CC(C)c1cccc(NC(N)=NCc2ccnc3ccnn23)c1.I. The van der Waals surface area contributed by atoms with Crippen LogP contribution < -0.4 is 11.1 Å². The molecule has 1 aromatic carbocycles. The fraction of sp³-hybridized carbons (Fsp3) is 0.235. The maximum Gasteiger partial charge on any atom is 0.193 e. The average molecular weight is 436 g/mol. The highest BCUT2D eigenvalue weighted by Gasteiger charge is 2.03. The quantitative estimate of drug-likeness (QED) is 0.373. The van der Waals surface area contributed by atoms with E-state index in [1.165, 1.54) is 5.56 Å². The van der Waals surface area contributed by atoms with Crippen molar-refractivity contribution in [3.05, 3.63) is 60.0 Å². The minimum Gasteiger partial charge on any atom is -0.370 e. The highest BCUT2D eigenvalue weighted by atomic mass is 127. The summed E-state index contributed by atoms with van der Waals surface area (Å²) in [7, 11) is 0. The van der Waals surface area contributed by atoms with E-state index in [4.69, 9.17) is 5.73 Å². The number of hydrogen-bond donors (Lipinski definition) is 2. The van der Waals surface area contributed by atoms with Crippen LogP contribution in [0.4, 0.5) is 5.69 Å². The standard InChI is InChI=1S/C17H20N6.HI/c1-12(2)13-4-3-5-14(10-13)22-17(18)20-11-15-6-8-19-16-7-9-21-23(15)16;/h3-10,12H,11H2,1-2H3,(H3,18,20,22);1H. The molecule has 2 heterocycles. The van der Waals surface area contributed by atoms with Crippen molar-refractivity contribution in [2.24, 2.45) is 10.7 Å². The van der Waals surface area contributed by atoms with E-state index in [2.05, 4.69) is 46.4 Å². The maximum atomic E-state index is 5.99. The van der Waals surface area contributed by atoms with E-state index in [-0.39, 0.29) is 24.0 Å². The van der Waals surface area contributed by atoms with Crippen molar-refractivity contribution >= 4 is 41.3 Å². The summed E-state index contributed by atoms with van der Waals surface area (Å²) in [5, 5.41) is 7.37. The number of anilines is 1. The third kappa shape index (κ3) is 4.22. The van der Waals surface area contributed by atoms with Crippen LogP contribution in [0.15, 0.2) is 53.8 Å². The maximum absolute atomic E-state index is 5.99. The number of fused-ring (bicyclic) bond motifs is 1. The number of aliphatic imine (C=N–C) groups is 1. The summed E-state index contributed by atoms with van der Waals surface area (Å²) >= 11 is 0. The van der Waals surface area contributed by atoms with Crippen LogP contribution in [0.5, 0.6) is 0 Å². The monoisotopic (exact) mass is 436 g/mol. The van der Waals surface area contributed by atoms with Gasteiger partial charge in [0.2, 0.25) is 0 Å². The van der Waals surface area contributed by atoms with Gasteiger partial charge in [-0.3, -0.25) is 0 Å². The van der Waals surface area contributed by atoms with Gasteiger partial charge in [-0.05, 0) is 29.7 Å². The molecule has 0 saturated heterocycles. The fourth-order valence-electron chi connectivity index (χ4n) is 2.33. The molecule has 3 aromatic rings. The minimum absolute atomic E-state index is 0. The Balaban J connectivity index is 0.00000208. The Morgan fingerprint density at radius 3 is 2.88 bits per heavy atom. The molecule has 0 aliphatic heterocycles. The minimum atomic E-state index is 0. The molecule has 0 aliphatic rings. The molecule has 3 N–H and O–H groups in total. The molecular weight excluding hydrogens is 415 g/mol. The number of hydrogen-bond acceptors (Lipinski definition) is 3. The van der Waals surface area contributed by atoms with Crippen LogP contribution in [0.2, 0.25) is 0 Å². The molecule has 126 valence electrons. The molecule has 0 bridgehead atoms. The molecule has 24 heavy (non-hydrogen) atoms. The van der Waals surface area contributed by atoms with Crippen molar-refractivity contribution in [2.75, 3.05) is 5.32 Å². The smallest absolute Gasteiger partial charge is 0.193 e. The summed E-state index contributed by atoms with van der Waals surface area (Å²) in [6.45, 7) is 4.76. The zero-order valence-corrected chi connectivity index (χ0v) is 16.0. The molecular formula is C17H21IN6. The molecule has 2 aromatic heterocycles. The van der Waals surface area contributed by atoms with Gasteiger partial charge in [0, 0.05) is 18.0 Å². The van der Waals surface area contributed by atoms with Crippen LogP contribution in [0.3, 0.4) is 0 Å². The summed E-state index contributed by atoms with van der Waals surface area (Å²) in [5.74, 6) is 0.850. The van der Waals surface area contributed by atoms with Gasteiger partial charge in [-0.15, -0.1) is 24.0 Å². The van der Waals surface area contributed by atoms with Gasteiger partial charge in [0.15, 0.2) is 11.6 Å². The second-order valence-corrected chi connectivity index (χ2v) is 5.64. The lowest BCUT2D eigenvalue weighted by atomic mass is 10.0. The topological polar surface area (TPSA) is 80.6 Å². The number of aromatic nitrogens is 3. The molecule has 0 atom stereocenters. The Labute approximate surface area is 158 Å². The molecule has 0 radical (unpaired) electrons. The van der Waals surface area contributed by atoms with E-state index in [1.54, 1.807) is 16.9 Å².